The molecule has 0 atom stereocenters. The SMILES string of the molecule is COCCNCC(=O)Nc1cccc(COC)c1. The molecule has 0 aliphatic carbocycles. The number of benzene rings is 1. The minimum atomic E-state index is -0.0688. The van der Waals surface area contributed by atoms with Crippen molar-refractivity contribution in [3.8, 4) is 0 Å². The largest absolute Gasteiger partial charge is 0.383 e. The highest BCUT2D eigenvalue weighted by molar-refractivity contribution is 5.92. The van der Waals surface area contributed by atoms with Gasteiger partial charge in [-0.25, -0.2) is 0 Å². The molecule has 1 rings (SSSR count). The van der Waals surface area contributed by atoms with Crippen molar-refractivity contribution >= 4 is 11.6 Å². The molecule has 0 radical (unpaired) electrons. The topological polar surface area (TPSA) is 59.6 Å². The Morgan fingerprint density at radius 2 is 2.11 bits per heavy atom. The highest BCUT2D eigenvalue weighted by Gasteiger charge is 2.02. The third-order valence-corrected chi connectivity index (χ3v) is 2.29. The molecule has 5 heteroatoms. The zero-order chi connectivity index (χ0) is 13.2. The van der Waals surface area contributed by atoms with Gasteiger partial charge in [-0.1, -0.05) is 12.1 Å². The van der Waals surface area contributed by atoms with Crippen molar-refractivity contribution in [2.45, 2.75) is 6.61 Å². The number of amides is 1. The number of anilines is 1. The Kier molecular flexibility index (Phi) is 7.01. The molecule has 0 saturated carbocycles. The first kappa shape index (κ1) is 14.6. The lowest BCUT2D eigenvalue weighted by Gasteiger charge is -2.08. The molecule has 100 valence electrons. The van der Waals surface area contributed by atoms with E-state index in [2.05, 4.69) is 10.6 Å². The molecule has 2 N–H and O–H groups in total. The molecule has 1 aromatic carbocycles. The van der Waals surface area contributed by atoms with Crippen LogP contribution in [0.4, 0.5) is 5.69 Å². The zero-order valence-electron chi connectivity index (χ0n) is 10.9. The first-order chi connectivity index (χ1) is 8.76. The second-order valence-corrected chi connectivity index (χ2v) is 3.85. The summed E-state index contributed by atoms with van der Waals surface area (Å²) in [5.74, 6) is -0.0688. The van der Waals surface area contributed by atoms with Gasteiger partial charge in [-0.15, -0.1) is 0 Å². The van der Waals surface area contributed by atoms with Gasteiger partial charge in [0.2, 0.25) is 5.91 Å². The summed E-state index contributed by atoms with van der Waals surface area (Å²) in [5, 5.41) is 5.80. The monoisotopic (exact) mass is 252 g/mol. The molecule has 0 aromatic heterocycles. The highest BCUT2D eigenvalue weighted by Crippen LogP contribution is 2.11. The van der Waals surface area contributed by atoms with Crippen molar-refractivity contribution in [3.63, 3.8) is 0 Å². The number of methoxy groups -OCH3 is 2. The van der Waals surface area contributed by atoms with E-state index in [4.69, 9.17) is 9.47 Å². The Morgan fingerprint density at radius 3 is 2.83 bits per heavy atom. The summed E-state index contributed by atoms with van der Waals surface area (Å²) in [5.41, 5.74) is 1.81. The fourth-order valence-corrected chi connectivity index (χ4v) is 1.49. The Labute approximate surface area is 107 Å². The van der Waals surface area contributed by atoms with Crippen LogP contribution < -0.4 is 10.6 Å². The number of nitrogens with one attached hydrogen (secondary N) is 2. The second kappa shape index (κ2) is 8.63. The molecule has 0 fully saturated rings. The fraction of sp³-hybridized carbons (Fsp3) is 0.462. The lowest BCUT2D eigenvalue weighted by atomic mass is 10.2. The summed E-state index contributed by atoms with van der Waals surface area (Å²) in [6.07, 6.45) is 0. The molecule has 0 aliphatic heterocycles. The summed E-state index contributed by atoms with van der Waals surface area (Å²) < 4.78 is 9.92. The Morgan fingerprint density at radius 1 is 1.28 bits per heavy atom. The molecular weight excluding hydrogens is 232 g/mol. The van der Waals surface area contributed by atoms with Crippen LogP contribution in [0.3, 0.4) is 0 Å². The second-order valence-electron chi connectivity index (χ2n) is 3.85. The van der Waals surface area contributed by atoms with E-state index in [1.807, 2.05) is 24.3 Å². The van der Waals surface area contributed by atoms with Crippen LogP contribution in [-0.2, 0) is 20.9 Å². The molecule has 0 aliphatic rings. The molecule has 0 saturated heterocycles. The van der Waals surface area contributed by atoms with Gasteiger partial charge in [0.15, 0.2) is 0 Å². The van der Waals surface area contributed by atoms with E-state index in [0.717, 1.165) is 11.3 Å². The predicted octanol–water partition coefficient (Wildman–Crippen LogP) is 1.01. The molecule has 1 aromatic rings. The third-order valence-electron chi connectivity index (χ3n) is 2.29. The van der Waals surface area contributed by atoms with E-state index in [-0.39, 0.29) is 12.5 Å². The molecule has 18 heavy (non-hydrogen) atoms. The molecular formula is C13H20N2O3. The molecule has 0 spiro atoms. The van der Waals surface area contributed by atoms with Crippen LogP contribution in [0.25, 0.3) is 0 Å². The zero-order valence-corrected chi connectivity index (χ0v) is 10.9. The van der Waals surface area contributed by atoms with E-state index in [1.165, 1.54) is 0 Å². The molecule has 0 bridgehead atoms. The summed E-state index contributed by atoms with van der Waals surface area (Å²) in [7, 11) is 3.27. The van der Waals surface area contributed by atoms with Crippen molar-refractivity contribution in [1.82, 2.24) is 5.32 Å². The van der Waals surface area contributed by atoms with Crippen LogP contribution in [0.5, 0.6) is 0 Å². The number of carbonyl (C=O) groups is 1. The van der Waals surface area contributed by atoms with Crippen LogP contribution in [0.15, 0.2) is 24.3 Å². The summed E-state index contributed by atoms with van der Waals surface area (Å²) >= 11 is 0. The molecule has 5 nitrogen and oxygen atoms in total. The standard InChI is InChI=1S/C13H20N2O3/c1-17-7-6-14-9-13(16)15-12-5-3-4-11(8-12)10-18-2/h3-5,8,14H,6-7,9-10H2,1-2H3,(H,15,16). The quantitative estimate of drug-likeness (QED) is 0.678. The van der Waals surface area contributed by atoms with Crippen LogP contribution in [0.1, 0.15) is 5.56 Å². The number of hydrogen-bond donors (Lipinski definition) is 2. The van der Waals surface area contributed by atoms with Crippen LogP contribution >= 0.6 is 0 Å². The predicted molar refractivity (Wildman–Crippen MR) is 70.5 cm³/mol. The number of hydrogen-bond acceptors (Lipinski definition) is 4. The van der Waals surface area contributed by atoms with E-state index in [1.54, 1.807) is 14.2 Å². The van der Waals surface area contributed by atoms with Crippen molar-refractivity contribution < 1.29 is 14.3 Å². The van der Waals surface area contributed by atoms with Gasteiger partial charge in [-0.2, -0.15) is 0 Å². The lowest BCUT2D eigenvalue weighted by Crippen LogP contribution is -2.30. The van der Waals surface area contributed by atoms with E-state index >= 15 is 0 Å². The lowest BCUT2D eigenvalue weighted by molar-refractivity contribution is -0.115. The van der Waals surface area contributed by atoms with Crippen LogP contribution in [0, 0.1) is 0 Å². The first-order valence-corrected chi connectivity index (χ1v) is 5.83. The van der Waals surface area contributed by atoms with E-state index in [0.29, 0.717) is 19.8 Å². The number of rotatable bonds is 8. The highest BCUT2D eigenvalue weighted by atomic mass is 16.5. The van der Waals surface area contributed by atoms with Crippen molar-refractivity contribution in [2.75, 3.05) is 39.2 Å². The molecule has 1 amide bonds. The smallest absolute Gasteiger partial charge is 0.238 e. The average Bonchev–Trinajstić information content (AvgIpc) is 2.35. The van der Waals surface area contributed by atoms with Crippen LogP contribution in [-0.4, -0.2) is 39.8 Å². The Hall–Kier alpha value is -1.43. The molecule has 0 unspecified atom stereocenters. The fourth-order valence-electron chi connectivity index (χ4n) is 1.49. The van der Waals surface area contributed by atoms with Crippen molar-refractivity contribution in [1.29, 1.82) is 0 Å². The van der Waals surface area contributed by atoms with Crippen LogP contribution in [0.2, 0.25) is 0 Å². The van der Waals surface area contributed by atoms with Gasteiger partial charge in [0.25, 0.3) is 0 Å². The Bertz CT molecular complexity index is 369. The summed E-state index contributed by atoms with van der Waals surface area (Å²) in [4.78, 5) is 11.6. The van der Waals surface area contributed by atoms with Crippen molar-refractivity contribution in [3.05, 3.63) is 29.8 Å². The maximum Gasteiger partial charge on any atom is 0.238 e. The minimum Gasteiger partial charge on any atom is -0.383 e. The summed E-state index contributed by atoms with van der Waals surface area (Å²) in [6, 6.07) is 7.60. The van der Waals surface area contributed by atoms with E-state index in [9.17, 15) is 4.79 Å². The normalized spacial score (nSPS) is 10.3. The Balaban J connectivity index is 2.36. The van der Waals surface area contributed by atoms with Gasteiger partial charge in [-0.05, 0) is 17.7 Å². The first-order valence-electron chi connectivity index (χ1n) is 5.83. The van der Waals surface area contributed by atoms with Gasteiger partial charge in [-0.3, -0.25) is 4.79 Å². The van der Waals surface area contributed by atoms with Gasteiger partial charge in [0.1, 0.15) is 0 Å². The van der Waals surface area contributed by atoms with Gasteiger partial charge in [0, 0.05) is 26.5 Å². The van der Waals surface area contributed by atoms with Gasteiger partial charge < -0.3 is 20.1 Å². The van der Waals surface area contributed by atoms with Crippen molar-refractivity contribution in [2.24, 2.45) is 0 Å². The van der Waals surface area contributed by atoms with Gasteiger partial charge in [0.05, 0.1) is 19.8 Å². The minimum absolute atomic E-state index is 0.0688. The maximum atomic E-state index is 11.6. The number of ether oxygens (including phenoxy) is 2. The third kappa shape index (κ3) is 5.77. The van der Waals surface area contributed by atoms with Gasteiger partial charge >= 0.3 is 0 Å². The molecule has 0 heterocycles. The average molecular weight is 252 g/mol. The van der Waals surface area contributed by atoms with E-state index < -0.39 is 0 Å². The maximum absolute atomic E-state index is 11.6. The summed E-state index contributed by atoms with van der Waals surface area (Å²) in [6.45, 7) is 2.07. The number of carbonyl (C=O) groups excluding carboxylic acids is 1.